The second-order valence-electron chi connectivity index (χ2n) is 4.97. The van der Waals surface area contributed by atoms with Crippen molar-refractivity contribution in [3.05, 3.63) is 0 Å². The SMILES string of the molecule is CCC(=O)N1CCN([C@H]2CS(=O)(=O)C[C@H]2O)CC1=O. The van der Waals surface area contributed by atoms with Gasteiger partial charge in [-0.1, -0.05) is 6.92 Å². The fourth-order valence-electron chi connectivity index (χ4n) is 2.59. The van der Waals surface area contributed by atoms with E-state index in [0.717, 1.165) is 0 Å². The highest BCUT2D eigenvalue weighted by Gasteiger charge is 2.42. The number of aliphatic hydroxyl groups is 1. The first kappa shape index (κ1) is 14.4. The first-order chi connectivity index (χ1) is 8.84. The molecule has 0 spiro atoms. The molecule has 2 rings (SSSR count). The highest BCUT2D eigenvalue weighted by atomic mass is 32.2. The zero-order chi connectivity index (χ0) is 14.2. The Bertz CT molecular complexity index is 489. The van der Waals surface area contributed by atoms with E-state index in [1.807, 2.05) is 0 Å². The molecular formula is C11H18N2O5S. The molecule has 1 N–H and O–H groups in total. The molecule has 0 radical (unpaired) electrons. The number of aliphatic hydroxyl groups excluding tert-OH is 1. The lowest BCUT2D eigenvalue weighted by molar-refractivity contribution is -0.149. The first-order valence-electron chi connectivity index (χ1n) is 6.30. The van der Waals surface area contributed by atoms with Crippen LogP contribution in [0.4, 0.5) is 0 Å². The molecule has 0 unspecified atom stereocenters. The molecule has 0 aromatic carbocycles. The predicted molar refractivity (Wildman–Crippen MR) is 67.0 cm³/mol. The molecule has 2 aliphatic heterocycles. The summed E-state index contributed by atoms with van der Waals surface area (Å²) in [7, 11) is -3.23. The van der Waals surface area contributed by atoms with E-state index in [-0.39, 0.29) is 42.8 Å². The number of piperazine rings is 1. The molecule has 2 amide bonds. The second-order valence-corrected chi connectivity index (χ2v) is 7.13. The van der Waals surface area contributed by atoms with Gasteiger partial charge in [0, 0.05) is 19.5 Å². The number of sulfone groups is 1. The Hall–Kier alpha value is -0.990. The molecule has 2 aliphatic rings. The lowest BCUT2D eigenvalue weighted by Gasteiger charge is -2.37. The zero-order valence-corrected chi connectivity index (χ0v) is 11.6. The Balaban J connectivity index is 2.03. The summed E-state index contributed by atoms with van der Waals surface area (Å²) in [5.74, 6) is -0.915. The molecular weight excluding hydrogens is 272 g/mol. The van der Waals surface area contributed by atoms with Crippen LogP contribution in [0.1, 0.15) is 13.3 Å². The first-order valence-corrected chi connectivity index (χ1v) is 8.12. The van der Waals surface area contributed by atoms with Crippen molar-refractivity contribution in [2.24, 2.45) is 0 Å². The Morgan fingerprint density at radius 2 is 2.05 bits per heavy atom. The molecule has 19 heavy (non-hydrogen) atoms. The monoisotopic (exact) mass is 290 g/mol. The minimum absolute atomic E-state index is 0.0109. The number of hydrogen-bond donors (Lipinski definition) is 1. The summed E-state index contributed by atoms with van der Waals surface area (Å²) in [5.41, 5.74) is 0. The maximum Gasteiger partial charge on any atom is 0.243 e. The number of imide groups is 1. The van der Waals surface area contributed by atoms with Gasteiger partial charge in [0.1, 0.15) is 0 Å². The van der Waals surface area contributed by atoms with Crippen molar-refractivity contribution in [1.29, 1.82) is 0 Å². The van der Waals surface area contributed by atoms with Gasteiger partial charge in [-0.05, 0) is 0 Å². The van der Waals surface area contributed by atoms with E-state index < -0.39 is 22.0 Å². The molecule has 2 atom stereocenters. The third-order valence-corrected chi connectivity index (χ3v) is 5.32. The van der Waals surface area contributed by atoms with E-state index in [4.69, 9.17) is 0 Å². The third-order valence-electron chi connectivity index (χ3n) is 3.62. The Kier molecular flexibility index (Phi) is 3.93. The van der Waals surface area contributed by atoms with Gasteiger partial charge in [-0.3, -0.25) is 19.4 Å². The summed E-state index contributed by atoms with van der Waals surface area (Å²) in [6, 6.07) is -0.534. The maximum atomic E-state index is 11.9. The van der Waals surface area contributed by atoms with Crippen molar-refractivity contribution < 1.29 is 23.1 Å². The number of hydrogen-bond acceptors (Lipinski definition) is 6. The number of carbonyl (C=O) groups excluding carboxylic acids is 2. The van der Waals surface area contributed by atoms with E-state index in [1.54, 1.807) is 11.8 Å². The normalized spacial score (nSPS) is 31.7. The minimum Gasteiger partial charge on any atom is -0.390 e. The van der Waals surface area contributed by atoms with Crippen LogP contribution < -0.4 is 0 Å². The molecule has 0 saturated carbocycles. The van der Waals surface area contributed by atoms with Crippen molar-refractivity contribution in [3.63, 3.8) is 0 Å². The molecule has 2 heterocycles. The van der Waals surface area contributed by atoms with Crippen LogP contribution in [0, 0.1) is 0 Å². The summed E-state index contributed by atoms with van der Waals surface area (Å²) in [6.07, 6.45) is -0.683. The number of rotatable bonds is 2. The Labute approximate surface area is 112 Å². The van der Waals surface area contributed by atoms with Crippen LogP contribution in [0.5, 0.6) is 0 Å². The molecule has 0 aromatic rings. The van der Waals surface area contributed by atoms with Crippen molar-refractivity contribution in [3.8, 4) is 0 Å². The fourth-order valence-corrected chi connectivity index (χ4v) is 4.42. The van der Waals surface area contributed by atoms with E-state index in [1.165, 1.54) is 4.90 Å². The fraction of sp³-hybridized carbons (Fsp3) is 0.818. The Morgan fingerprint density at radius 3 is 2.53 bits per heavy atom. The van der Waals surface area contributed by atoms with Crippen molar-refractivity contribution >= 4 is 21.7 Å². The van der Waals surface area contributed by atoms with Crippen LogP contribution in [0.15, 0.2) is 0 Å². The van der Waals surface area contributed by atoms with Gasteiger partial charge >= 0.3 is 0 Å². The number of carbonyl (C=O) groups is 2. The number of amides is 2. The average molecular weight is 290 g/mol. The van der Waals surface area contributed by atoms with Crippen LogP contribution in [-0.4, -0.2) is 78.4 Å². The summed E-state index contributed by atoms with van der Waals surface area (Å²) >= 11 is 0. The summed E-state index contributed by atoms with van der Waals surface area (Å²) in [6.45, 7) is 2.35. The number of nitrogens with zero attached hydrogens (tertiary/aromatic N) is 2. The van der Waals surface area contributed by atoms with E-state index in [2.05, 4.69) is 0 Å². The topological polar surface area (TPSA) is 95.0 Å². The minimum atomic E-state index is -3.23. The van der Waals surface area contributed by atoms with Crippen LogP contribution in [-0.2, 0) is 19.4 Å². The molecule has 0 aliphatic carbocycles. The summed E-state index contributed by atoms with van der Waals surface area (Å²) in [5, 5.41) is 9.77. The average Bonchev–Trinajstić information content (AvgIpc) is 2.61. The smallest absolute Gasteiger partial charge is 0.243 e. The molecule has 108 valence electrons. The summed E-state index contributed by atoms with van der Waals surface area (Å²) in [4.78, 5) is 26.2. The lowest BCUT2D eigenvalue weighted by Crippen LogP contribution is -2.57. The van der Waals surface area contributed by atoms with E-state index in [0.29, 0.717) is 6.54 Å². The molecule has 8 heteroatoms. The molecule has 2 saturated heterocycles. The van der Waals surface area contributed by atoms with E-state index >= 15 is 0 Å². The van der Waals surface area contributed by atoms with Crippen molar-refractivity contribution in [2.45, 2.75) is 25.5 Å². The van der Waals surface area contributed by atoms with Crippen molar-refractivity contribution in [2.75, 3.05) is 31.1 Å². The van der Waals surface area contributed by atoms with Crippen LogP contribution >= 0.6 is 0 Å². The van der Waals surface area contributed by atoms with Gasteiger partial charge in [-0.25, -0.2) is 8.42 Å². The van der Waals surface area contributed by atoms with Crippen molar-refractivity contribution in [1.82, 2.24) is 9.80 Å². The summed E-state index contributed by atoms with van der Waals surface area (Å²) < 4.78 is 22.9. The van der Waals surface area contributed by atoms with Gasteiger partial charge in [0.2, 0.25) is 11.8 Å². The van der Waals surface area contributed by atoms with Crippen LogP contribution in [0.2, 0.25) is 0 Å². The van der Waals surface area contributed by atoms with Crippen LogP contribution in [0.25, 0.3) is 0 Å². The largest absolute Gasteiger partial charge is 0.390 e. The van der Waals surface area contributed by atoms with Gasteiger partial charge in [0.15, 0.2) is 9.84 Å². The third kappa shape index (κ3) is 2.96. The van der Waals surface area contributed by atoms with Crippen LogP contribution in [0.3, 0.4) is 0 Å². The van der Waals surface area contributed by atoms with Gasteiger partial charge in [-0.2, -0.15) is 0 Å². The highest BCUT2D eigenvalue weighted by Crippen LogP contribution is 2.20. The van der Waals surface area contributed by atoms with E-state index in [9.17, 15) is 23.1 Å². The van der Waals surface area contributed by atoms with Gasteiger partial charge in [0.05, 0.1) is 30.2 Å². The molecule has 0 aromatic heterocycles. The van der Waals surface area contributed by atoms with Gasteiger partial charge in [-0.15, -0.1) is 0 Å². The van der Waals surface area contributed by atoms with Gasteiger partial charge in [0.25, 0.3) is 0 Å². The quantitative estimate of drug-likeness (QED) is 0.646. The predicted octanol–water partition coefficient (Wildman–Crippen LogP) is -1.77. The molecule has 7 nitrogen and oxygen atoms in total. The standard InChI is InChI=1S/C11H18N2O5S/c1-2-10(15)13-4-3-12(5-11(13)16)8-6-19(17,18)7-9(8)14/h8-9,14H,2-7H2,1H3/t8-,9+/m0/s1. The second kappa shape index (κ2) is 5.18. The molecule has 0 bridgehead atoms. The zero-order valence-electron chi connectivity index (χ0n) is 10.8. The van der Waals surface area contributed by atoms with Gasteiger partial charge < -0.3 is 5.11 Å². The Morgan fingerprint density at radius 1 is 1.37 bits per heavy atom. The maximum absolute atomic E-state index is 11.9. The molecule has 2 fully saturated rings. The highest BCUT2D eigenvalue weighted by molar-refractivity contribution is 7.91. The lowest BCUT2D eigenvalue weighted by atomic mass is 10.1.